The van der Waals surface area contributed by atoms with Crippen molar-refractivity contribution in [2.24, 2.45) is 0 Å². The Labute approximate surface area is 118 Å². The van der Waals surface area contributed by atoms with Gasteiger partial charge in [0.2, 0.25) is 0 Å². The topological polar surface area (TPSA) is 46.6 Å². The van der Waals surface area contributed by atoms with Gasteiger partial charge in [0.25, 0.3) is 5.91 Å². The molecule has 1 aromatic carbocycles. The largest absolute Gasteiger partial charge is 0.446 e. The summed E-state index contributed by atoms with van der Waals surface area (Å²) in [7, 11) is 0. The summed E-state index contributed by atoms with van der Waals surface area (Å²) >= 11 is 0. The average Bonchev–Trinajstić information content (AvgIpc) is 2.80. The van der Waals surface area contributed by atoms with Crippen molar-refractivity contribution >= 4 is 12.0 Å². The molecule has 21 heavy (non-hydrogen) atoms. The number of hydrogen-bond acceptors (Lipinski definition) is 3. The van der Waals surface area contributed by atoms with E-state index < -0.39 is 29.8 Å². The van der Waals surface area contributed by atoms with E-state index in [0.29, 0.717) is 16.5 Å². The van der Waals surface area contributed by atoms with Crippen LogP contribution in [0.1, 0.15) is 18.5 Å². The van der Waals surface area contributed by atoms with E-state index in [9.17, 15) is 22.8 Å². The Kier molecular flexibility index (Phi) is 4.02. The lowest BCUT2D eigenvalue weighted by atomic mass is 10.1. The third kappa shape index (κ3) is 3.24. The van der Waals surface area contributed by atoms with Crippen molar-refractivity contribution in [2.75, 3.05) is 6.61 Å². The first-order chi connectivity index (χ1) is 9.80. The number of hydrogen-bond donors (Lipinski definition) is 0. The van der Waals surface area contributed by atoms with Gasteiger partial charge >= 0.3 is 12.3 Å². The Morgan fingerprint density at radius 1 is 1.33 bits per heavy atom. The Morgan fingerprint density at radius 3 is 2.52 bits per heavy atom. The number of alkyl halides is 3. The molecular formula is C14H12F3NO3. The number of imide groups is 1. The van der Waals surface area contributed by atoms with Gasteiger partial charge in [-0.2, -0.15) is 13.2 Å². The molecule has 0 spiro atoms. The number of rotatable bonds is 2. The second-order valence-corrected chi connectivity index (χ2v) is 4.54. The molecule has 0 N–H and O–H groups in total. The first-order valence-corrected chi connectivity index (χ1v) is 6.11. The summed E-state index contributed by atoms with van der Waals surface area (Å²) in [4.78, 5) is 24.2. The molecule has 1 aliphatic heterocycles. The summed E-state index contributed by atoms with van der Waals surface area (Å²) < 4.78 is 42.2. The van der Waals surface area contributed by atoms with Crippen LogP contribution in [0.25, 0.3) is 0 Å². The van der Waals surface area contributed by atoms with Gasteiger partial charge in [-0.3, -0.25) is 4.79 Å². The molecule has 1 aromatic rings. The molecule has 0 radical (unpaired) electrons. The van der Waals surface area contributed by atoms with Gasteiger partial charge in [-0.1, -0.05) is 30.3 Å². The van der Waals surface area contributed by atoms with E-state index in [1.54, 1.807) is 30.3 Å². The van der Waals surface area contributed by atoms with Gasteiger partial charge in [0.05, 0.1) is 0 Å². The lowest BCUT2D eigenvalue weighted by molar-refractivity contribution is -0.125. The van der Waals surface area contributed by atoms with Crippen LogP contribution in [0.2, 0.25) is 0 Å². The van der Waals surface area contributed by atoms with Gasteiger partial charge in [-0.15, -0.1) is 0 Å². The SMILES string of the molecule is C/C(=C\C(=O)N1C(=O)OC[C@@H]1c1ccccc1)C(F)(F)F. The van der Waals surface area contributed by atoms with Gasteiger partial charge in [0.1, 0.15) is 12.6 Å². The van der Waals surface area contributed by atoms with Crippen LogP contribution in [0, 0.1) is 0 Å². The maximum atomic E-state index is 12.5. The number of carbonyl (C=O) groups is 2. The number of benzene rings is 1. The molecule has 0 bridgehead atoms. The molecule has 0 aromatic heterocycles. The molecule has 4 nitrogen and oxygen atoms in total. The molecule has 112 valence electrons. The molecule has 7 heteroatoms. The van der Waals surface area contributed by atoms with E-state index in [4.69, 9.17) is 4.74 Å². The van der Waals surface area contributed by atoms with Gasteiger partial charge in [-0.05, 0) is 12.5 Å². The predicted octanol–water partition coefficient (Wildman–Crippen LogP) is 3.22. The molecular weight excluding hydrogens is 287 g/mol. The molecule has 2 rings (SSSR count). The third-order valence-corrected chi connectivity index (χ3v) is 3.08. The summed E-state index contributed by atoms with van der Waals surface area (Å²) in [5.74, 6) is -1.04. The highest BCUT2D eigenvalue weighted by Crippen LogP contribution is 2.30. The summed E-state index contributed by atoms with van der Waals surface area (Å²) in [5, 5.41) is 0. The highest BCUT2D eigenvalue weighted by Gasteiger charge is 2.39. The monoisotopic (exact) mass is 299 g/mol. The van der Waals surface area contributed by atoms with Crippen LogP contribution < -0.4 is 0 Å². The molecule has 1 aliphatic rings. The molecule has 0 aliphatic carbocycles. The van der Waals surface area contributed by atoms with Crippen LogP contribution in [0.15, 0.2) is 42.0 Å². The first kappa shape index (κ1) is 15.1. The Balaban J connectivity index is 2.28. The Morgan fingerprint density at radius 2 is 1.95 bits per heavy atom. The second-order valence-electron chi connectivity index (χ2n) is 4.54. The number of halogens is 3. The zero-order valence-corrected chi connectivity index (χ0v) is 11.1. The molecule has 1 heterocycles. The van der Waals surface area contributed by atoms with E-state index in [1.807, 2.05) is 0 Å². The quantitative estimate of drug-likeness (QED) is 0.788. The number of amides is 2. The number of ether oxygens (including phenoxy) is 1. The standard InChI is InChI=1S/C14H12F3NO3/c1-9(14(15,16)17)7-12(19)18-11(8-21-13(18)20)10-5-3-2-4-6-10/h2-7,11H,8H2,1H3/b9-7+/t11-/m1/s1. The minimum Gasteiger partial charge on any atom is -0.446 e. The van der Waals surface area contributed by atoms with E-state index >= 15 is 0 Å². The molecule has 1 saturated heterocycles. The number of carbonyl (C=O) groups excluding carboxylic acids is 2. The summed E-state index contributed by atoms with van der Waals surface area (Å²) in [6.07, 6.45) is -5.15. The zero-order valence-electron chi connectivity index (χ0n) is 11.1. The molecule has 1 fully saturated rings. The maximum absolute atomic E-state index is 12.5. The number of nitrogens with zero attached hydrogens (tertiary/aromatic N) is 1. The maximum Gasteiger partial charge on any atom is 0.417 e. The highest BCUT2D eigenvalue weighted by atomic mass is 19.4. The van der Waals surface area contributed by atoms with Crippen LogP contribution in [-0.4, -0.2) is 29.7 Å². The fourth-order valence-corrected chi connectivity index (χ4v) is 1.92. The van der Waals surface area contributed by atoms with Crippen molar-refractivity contribution in [1.82, 2.24) is 4.90 Å². The van der Waals surface area contributed by atoms with Crippen LogP contribution in [0.4, 0.5) is 18.0 Å². The van der Waals surface area contributed by atoms with Crippen molar-refractivity contribution in [1.29, 1.82) is 0 Å². The van der Waals surface area contributed by atoms with Gasteiger partial charge in [0, 0.05) is 11.6 Å². The van der Waals surface area contributed by atoms with Gasteiger partial charge < -0.3 is 4.74 Å². The van der Waals surface area contributed by atoms with Crippen molar-refractivity contribution in [2.45, 2.75) is 19.1 Å². The minimum absolute atomic E-state index is 0.0759. The minimum atomic E-state index is -4.61. The van der Waals surface area contributed by atoms with Crippen LogP contribution >= 0.6 is 0 Å². The van der Waals surface area contributed by atoms with Crippen LogP contribution in [0.5, 0.6) is 0 Å². The number of cyclic esters (lactones) is 1. The summed E-state index contributed by atoms with van der Waals surface area (Å²) in [5.41, 5.74) is -0.450. The fourth-order valence-electron chi connectivity index (χ4n) is 1.92. The normalized spacial score (nSPS) is 19.6. The fraction of sp³-hybridized carbons (Fsp3) is 0.286. The molecule has 2 amide bonds. The van der Waals surface area contributed by atoms with Crippen LogP contribution in [-0.2, 0) is 9.53 Å². The molecule has 0 saturated carbocycles. The average molecular weight is 299 g/mol. The number of allylic oxidation sites excluding steroid dienone is 1. The van der Waals surface area contributed by atoms with Crippen LogP contribution in [0.3, 0.4) is 0 Å². The summed E-state index contributed by atoms with van der Waals surface area (Å²) in [6, 6.07) is 7.79. The van der Waals surface area contributed by atoms with Gasteiger partial charge in [-0.25, -0.2) is 9.69 Å². The van der Waals surface area contributed by atoms with Crippen molar-refractivity contribution in [3.63, 3.8) is 0 Å². The van der Waals surface area contributed by atoms with E-state index in [2.05, 4.69) is 0 Å². The smallest absolute Gasteiger partial charge is 0.417 e. The highest BCUT2D eigenvalue weighted by molar-refractivity contribution is 6.00. The third-order valence-electron chi connectivity index (χ3n) is 3.08. The molecule has 0 unspecified atom stereocenters. The van der Waals surface area contributed by atoms with Crippen molar-refractivity contribution < 1.29 is 27.5 Å². The zero-order chi connectivity index (χ0) is 15.6. The Bertz CT molecular complexity index is 581. The van der Waals surface area contributed by atoms with Gasteiger partial charge in [0.15, 0.2) is 0 Å². The predicted molar refractivity (Wildman–Crippen MR) is 67.2 cm³/mol. The van der Waals surface area contributed by atoms with Crippen molar-refractivity contribution in [3.05, 3.63) is 47.5 Å². The molecule has 1 atom stereocenters. The Hall–Kier alpha value is -2.31. The van der Waals surface area contributed by atoms with E-state index in [0.717, 1.165) is 6.92 Å². The first-order valence-electron chi connectivity index (χ1n) is 6.11. The lowest BCUT2D eigenvalue weighted by Crippen LogP contribution is -2.33. The lowest BCUT2D eigenvalue weighted by Gasteiger charge is -2.19. The van der Waals surface area contributed by atoms with E-state index in [1.165, 1.54) is 0 Å². The second kappa shape index (κ2) is 5.59. The van der Waals surface area contributed by atoms with Crippen molar-refractivity contribution in [3.8, 4) is 0 Å². The summed E-state index contributed by atoms with van der Waals surface area (Å²) in [6.45, 7) is 0.699. The van der Waals surface area contributed by atoms with E-state index in [-0.39, 0.29) is 6.61 Å².